The zero-order valence-corrected chi connectivity index (χ0v) is 27.0. The fourth-order valence-corrected chi connectivity index (χ4v) is 6.76. The van der Waals surface area contributed by atoms with Gasteiger partial charge in [0.15, 0.2) is 22.9 Å². The highest BCUT2D eigenvalue weighted by Crippen LogP contribution is 2.32. The number of carbonyl (C=O) groups excluding carboxylic acids is 2. The number of allylic oxidation sites excluding steroid dienone is 1. The number of hydrogen-bond donors (Lipinski definition) is 0. The molecule has 2 aromatic carbocycles. The Kier molecular flexibility index (Phi) is 9.90. The Morgan fingerprint density at radius 2 is 1.75 bits per heavy atom. The normalized spacial score (nSPS) is 16.5. The molecule has 232 valence electrons. The number of aromatic nitrogens is 1. The van der Waals surface area contributed by atoms with Crippen molar-refractivity contribution < 1.29 is 19.1 Å². The van der Waals surface area contributed by atoms with Crippen molar-refractivity contribution >= 4 is 40.8 Å². The van der Waals surface area contributed by atoms with E-state index in [-0.39, 0.29) is 24.0 Å². The second-order valence-electron chi connectivity index (χ2n) is 10.6. The largest absolute Gasteiger partial charge is 0.490 e. The van der Waals surface area contributed by atoms with Crippen molar-refractivity contribution in [3.05, 3.63) is 89.6 Å². The number of likely N-dealkylation sites (N-methyl/N-ethyl adjacent to an activating group) is 1. The molecule has 1 aromatic heterocycles. The number of halogens is 1. The molecule has 2 aliphatic rings. The van der Waals surface area contributed by atoms with Gasteiger partial charge < -0.3 is 19.3 Å². The van der Waals surface area contributed by atoms with Gasteiger partial charge in [0.1, 0.15) is 0 Å². The van der Waals surface area contributed by atoms with Crippen molar-refractivity contribution in [2.45, 2.75) is 46.6 Å². The Morgan fingerprint density at radius 3 is 2.41 bits per heavy atom. The molecule has 5 rings (SSSR count). The molecule has 0 saturated carbocycles. The SMILES string of the molecule is CCOc1cc(/C=c2\sc3n(c2=O)[C@H](c2ccc(Cl)cc2)C(C(=O)N(CC)CC)=C(C)N=3)ccc1OCC(=O)N1CCCC1. The first-order valence-corrected chi connectivity index (χ1v) is 16.2. The van der Waals surface area contributed by atoms with Crippen LogP contribution in [0.25, 0.3) is 6.08 Å². The molecule has 3 aromatic rings. The van der Waals surface area contributed by atoms with E-state index in [1.54, 1.807) is 39.8 Å². The lowest BCUT2D eigenvalue weighted by Gasteiger charge is -2.29. The third kappa shape index (κ3) is 6.46. The Bertz CT molecular complexity index is 1750. The maximum absolute atomic E-state index is 14.0. The molecule has 1 fully saturated rings. The summed E-state index contributed by atoms with van der Waals surface area (Å²) in [6, 6.07) is 12.0. The van der Waals surface area contributed by atoms with Gasteiger partial charge in [-0.05, 0) is 82.0 Å². The Balaban J connectivity index is 1.54. The first-order chi connectivity index (χ1) is 21.2. The molecule has 1 saturated heterocycles. The molecule has 0 bridgehead atoms. The van der Waals surface area contributed by atoms with Crippen LogP contribution in [0.15, 0.2) is 63.5 Å². The summed E-state index contributed by atoms with van der Waals surface area (Å²) in [6.45, 7) is 10.5. The van der Waals surface area contributed by atoms with Gasteiger partial charge in [-0.1, -0.05) is 41.1 Å². The van der Waals surface area contributed by atoms with E-state index in [4.69, 9.17) is 26.1 Å². The minimum Gasteiger partial charge on any atom is -0.490 e. The predicted octanol–water partition coefficient (Wildman–Crippen LogP) is 4.16. The maximum Gasteiger partial charge on any atom is 0.271 e. The van der Waals surface area contributed by atoms with E-state index >= 15 is 0 Å². The smallest absolute Gasteiger partial charge is 0.271 e. The number of amides is 2. The zero-order valence-electron chi connectivity index (χ0n) is 25.5. The van der Waals surface area contributed by atoms with Gasteiger partial charge >= 0.3 is 0 Å². The molecule has 0 N–H and O–H groups in total. The Morgan fingerprint density at radius 1 is 1.05 bits per heavy atom. The van der Waals surface area contributed by atoms with Crippen molar-refractivity contribution in [2.24, 2.45) is 4.99 Å². The lowest BCUT2D eigenvalue weighted by atomic mass is 9.94. The van der Waals surface area contributed by atoms with E-state index < -0.39 is 6.04 Å². The van der Waals surface area contributed by atoms with Crippen LogP contribution >= 0.6 is 22.9 Å². The second kappa shape index (κ2) is 13.8. The van der Waals surface area contributed by atoms with Gasteiger partial charge in [-0.2, -0.15) is 0 Å². The van der Waals surface area contributed by atoms with Crippen LogP contribution < -0.4 is 24.4 Å². The van der Waals surface area contributed by atoms with Gasteiger partial charge in [0.05, 0.1) is 28.5 Å². The van der Waals surface area contributed by atoms with E-state index in [0.717, 1.165) is 37.1 Å². The summed E-state index contributed by atoms with van der Waals surface area (Å²) < 4.78 is 13.8. The van der Waals surface area contributed by atoms with Crippen molar-refractivity contribution in [3.63, 3.8) is 0 Å². The average molecular weight is 637 g/mol. The number of fused-ring (bicyclic) bond motifs is 1. The minimum atomic E-state index is -0.651. The van der Waals surface area contributed by atoms with Gasteiger partial charge in [-0.25, -0.2) is 4.99 Å². The minimum absolute atomic E-state index is 0.0421. The number of thiazole rings is 1. The molecular formula is C33H37ClN4O5S. The standard InChI is InChI=1S/C33H37ClN4O5S/c1-5-36(6-2)32(41)29-21(4)35-33-38(30(29)23-11-13-24(34)14-12-23)31(40)27(44-33)19-22-10-15-25(26(18-22)42-7-3)43-20-28(39)37-16-8-9-17-37/h10-15,18-19,30H,5-9,16-17,20H2,1-4H3/b27-19-/t30-/m1/s1. The summed E-state index contributed by atoms with van der Waals surface area (Å²) in [5, 5.41) is 0.566. The predicted molar refractivity (Wildman–Crippen MR) is 172 cm³/mol. The molecule has 0 spiro atoms. The van der Waals surface area contributed by atoms with Gasteiger partial charge in [0, 0.05) is 31.2 Å². The lowest BCUT2D eigenvalue weighted by molar-refractivity contribution is -0.132. The molecule has 9 nitrogen and oxygen atoms in total. The van der Waals surface area contributed by atoms with Crippen LogP contribution in [-0.2, 0) is 9.59 Å². The molecule has 0 aliphatic carbocycles. The highest BCUT2D eigenvalue weighted by Gasteiger charge is 2.34. The highest BCUT2D eigenvalue weighted by molar-refractivity contribution is 7.07. The highest BCUT2D eigenvalue weighted by atomic mass is 35.5. The Hall–Kier alpha value is -3.89. The maximum atomic E-state index is 14.0. The number of benzene rings is 2. The molecular weight excluding hydrogens is 600 g/mol. The van der Waals surface area contributed by atoms with E-state index in [9.17, 15) is 14.4 Å². The zero-order chi connectivity index (χ0) is 31.4. The molecule has 2 amide bonds. The summed E-state index contributed by atoms with van der Waals surface area (Å²) in [6.07, 6.45) is 3.82. The molecule has 2 aliphatic heterocycles. The molecule has 3 heterocycles. The van der Waals surface area contributed by atoms with Crippen molar-refractivity contribution in [1.29, 1.82) is 0 Å². The Labute approximate surface area is 265 Å². The van der Waals surface area contributed by atoms with Crippen molar-refractivity contribution in [3.8, 4) is 11.5 Å². The molecule has 1 atom stereocenters. The molecule has 11 heteroatoms. The number of rotatable bonds is 10. The fraction of sp³-hybridized carbons (Fsp3) is 0.394. The fourth-order valence-electron chi connectivity index (χ4n) is 5.59. The number of hydrogen-bond acceptors (Lipinski definition) is 7. The van der Waals surface area contributed by atoms with Crippen molar-refractivity contribution in [1.82, 2.24) is 14.4 Å². The van der Waals surface area contributed by atoms with E-state index in [1.807, 2.05) is 50.8 Å². The summed E-state index contributed by atoms with van der Waals surface area (Å²) in [5.74, 6) is 0.770. The summed E-state index contributed by atoms with van der Waals surface area (Å²) in [5.41, 5.74) is 2.31. The van der Waals surface area contributed by atoms with Crippen LogP contribution in [0, 0.1) is 0 Å². The van der Waals surface area contributed by atoms with Crippen LogP contribution in [0.2, 0.25) is 5.02 Å². The monoisotopic (exact) mass is 636 g/mol. The molecule has 44 heavy (non-hydrogen) atoms. The van der Waals surface area contributed by atoms with Crippen LogP contribution in [0.3, 0.4) is 0 Å². The number of nitrogens with zero attached hydrogens (tertiary/aromatic N) is 4. The summed E-state index contributed by atoms with van der Waals surface area (Å²) in [7, 11) is 0. The first-order valence-electron chi connectivity index (χ1n) is 15.0. The van der Waals surface area contributed by atoms with Gasteiger partial charge in [0.25, 0.3) is 17.4 Å². The van der Waals surface area contributed by atoms with Gasteiger partial charge in [0.2, 0.25) is 0 Å². The van der Waals surface area contributed by atoms with Crippen LogP contribution in [0.5, 0.6) is 11.5 Å². The molecule has 0 unspecified atom stereocenters. The van der Waals surface area contributed by atoms with Gasteiger partial charge in [-0.15, -0.1) is 0 Å². The van der Waals surface area contributed by atoms with Crippen LogP contribution in [-0.4, -0.2) is 65.6 Å². The van der Waals surface area contributed by atoms with Crippen LogP contribution in [0.1, 0.15) is 57.7 Å². The molecule has 0 radical (unpaired) electrons. The van der Waals surface area contributed by atoms with Crippen molar-refractivity contribution in [2.75, 3.05) is 39.4 Å². The van der Waals surface area contributed by atoms with E-state index in [2.05, 4.69) is 0 Å². The van der Waals surface area contributed by atoms with Crippen LogP contribution in [0.4, 0.5) is 0 Å². The second-order valence-corrected chi connectivity index (χ2v) is 12.1. The number of carbonyl (C=O) groups is 2. The topological polar surface area (TPSA) is 93.4 Å². The number of likely N-dealkylation sites (tertiary alicyclic amines) is 1. The lowest BCUT2D eigenvalue weighted by Crippen LogP contribution is -2.43. The van der Waals surface area contributed by atoms with E-state index in [0.29, 0.717) is 56.8 Å². The third-order valence-corrected chi connectivity index (χ3v) is 9.10. The quantitative estimate of drug-likeness (QED) is 0.333. The summed E-state index contributed by atoms with van der Waals surface area (Å²) in [4.78, 5) is 49.1. The summed E-state index contributed by atoms with van der Waals surface area (Å²) >= 11 is 7.46. The first kappa shape index (κ1) is 31.5. The third-order valence-electron chi connectivity index (χ3n) is 7.86. The number of ether oxygens (including phenoxy) is 2. The average Bonchev–Trinajstić information content (AvgIpc) is 3.66. The van der Waals surface area contributed by atoms with E-state index in [1.165, 1.54) is 11.3 Å². The van der Waals surface area contributed by atoms with Gasteiger partial charge in [-0.3, -0.25) is 19.0 Å².